The van der Waals surface area contributed by atoms with Crippen LogP contribution in [0.2, 0.25) is 0 Å². The number of hydrazone groups is 1. The molecule has 1 heterocycles. The van der Waals surface area contributed by atoms with Crippen molar-refractivity contribution < 1.29 is 9.72 Å². The number of amides is 1. The van der Waals surface area contributed by atoms with Crippen LogP contribution in [0.25, 0.3) is 0 Å². The van der Waals surface area contributed by atoms with Crippen LogP contribution in [-0.4, -0.2) is 22.1 Å². The molecular weight excluding hydrogens is 362 g/mol. The molecule has 1 unspecified atom stereocenters. The molecule has 1 aliphatic rings. The lowest BCUT2D eigenvalue weighted by Crippen LogP contribution is -2.17. The molecule has 1 atom stereocenters. The number of hydrogen-bond acceptors (Lipinski definition) is 4. The van der Waals surface area contributed by atoms with E-state index >= 15 is 0 Å². The highest BCUT2D eigenvalue weighted by Crippen LogP contribution is 2.33. The molecule has 0 aromatic heterocycles. The summed E-state index contributed by atoms with van der Waals surface area (Å²) >= 11 is 3.38. The number of non-ortho nitro benzene ring substituents is 1. The van der Waals surface area contributed by atoms with Crippen molar-refractivity contribution in [2.24, 2.45) is 5.10 Å². The van der Waals surface area contributed by atoms with Gasteiger partial charge in [0.05, 0.1) is 16.7 Å². The molecule has 0 saturated heterocycles. The third-order valence-electron chi connectivity index (χ3n) is 3.69. The maximum Gasteiger partial charge on any atom is 0.269 e. The number of nitro groups is 1. The fourth-order valence-corrected chi connectivity index (χ4v) is 2.82. The van der Waals surface area contributed by atoms with E-state index in [4.69, 9.17) is 0 Å². The van der Waals surface area contributed by atoms with Crippen LogP contribution in [0.1, 0.15) is 23.6 Å². The van der Waals surface area contributed by atoms with E-state index < -0.39 is 4.92 Å². The summed E-state index contributed by atoms with van der Waals surface area (Å²) in [5.74, 6) is 0. The zero-order valence-corrected chi connectivity index (χ0v) is 13.5. The maximum atomic E-state index is 11.3. The fourth-order valence-electron chi connectivity index (χ4n) is 2.56. The van der Waals surface area contributed by atoms with Gasteiger partial charge in [0.15, 0.2) is 0 Å². The summed E-state index contributed by atoms with van der Waals surface area (Å²) < 4.78 is 0.960. The van der Waals surface area contributed by atoms with Crippen LogP contribution in [0.5, 0.6) is 0 Å². The van der Waals surface area contributed by atoms with E-state index in [1.54, 1.807) is 12.1 Å². The lowest BCUT2D eigenvalue weighted by molar-refractivity contribution is -0.384. The predicted molar refractivity (Wildman–Crippen MR) is 89.0 cm³/mol. The second-order valence-electron chi connectivity index (χ2n) is 5.11. The molecule has 0 bridgehead atoms. The minimum Gasteiger partial charge on any atom is -0.277 e. The average molecular weight is 374 g/mol. The largest absolute Gasteiger partial charge is 0.277 e. The molecule has 116 valence electrons. The van der Waals surface area contributed by atoms with Gasteiger partial charge in [-0.1, -0.05) is 40.2 Å². The molecule has 7 heteroatoms. The lowest BCUT2D eigenvalue weighted by atomic mass is 9.98. The van der Waals surface area contributed by atoms with Crippen molar-refractivity contribution in [3.05, 3.63) is 74.2 Å². The molecule has 0 aliphatic carbocycles. The minimum atomic E-state index is -0.444. The van der Waals surface area contributed by atoms with Crippen LogP contribution in [0.3, 0.4) is 0 Å². The third kappa shape index (κ3) is 3.14. The first-order chi connectivity index (χ1) is 11.1. The normalized spacial score (nSPS) is 17.0. The number of carbonyl (C=O) groups is 1. The first-order valence-corrected chi connectivity index (χ1v) is 7.69. The molecule has 6 nitrogen and oxygen atoms in total. The van der Waals surface area contributed by atoms with Crippen LogP contribution < -0.4 is 0 Å². The smallest absolute Gasteiger partial charge is 0.269 e. The Morgan fingerprint density at radius 1 is 1.26 bits per heavy atom. The Balaban J connectivity index is 1.91. The van der Waals surface area contributed by atoms with E-state index in [1.807, 2.05) is 24.3 Å². The second-order valence-corrected chi connectivity index (χ2v) is 6.03. The summed E-state index contributed by atoms with van der Waals surface area (Å²) in [6, 6.07) is 13.6. The molecule has 0 radical (unpaired) electrons. The van der Waals surface area contributed by atoms with Gasteiger partial charge in [-0.25, -0.2) is 5.01 Å². The topological polar surface area (TPSA) is 75.8 Å². The molecule has 0 saturated carbocycles. The number of halogens is 1. The summed E-state index contributed by atoms with van der Waals surface area (Å²) in [4.78, 5) is 21.8. The van der Waals surface area contributed by atoms with Gasteiger partial charge in [-0.05, 0) is 23.3 Å². The summed E-state index contributed by atoms with van der Waals surface area (Å²) in [7, 11) is 0. The number of benzene rings is 2. The Morgan fingerprint density at radius 2 is 2.00 bits per heavy atom. The molecule has 1 amide bonds. The number of rotatable bonds is 4. The number of carbonyl (C=O) groups excluding carboxylic acids is 1. The standard InChI is InChI=1S/C16H12BrN3O3/c17-13-6-4-11(5-7-13)15-9-16(19(10-21)18-15)12-2-1-3-14(8-12)20(22)23/h1-8,10,16H,9H2. The highest BCUT2D eigenvalue weighted by molar-refractivity contribution is 9.10. The quantitative estimate of drug-likeness (QED) is 0.466. The zero-order chi connectivity index (χ0) is 16.4. The number of hydrogen-bond donors (Lipinski definition) is 0. The Hall–Kier alpha value is -2.54. The summed E-state index contributed by atoms with van der Waals surface area (Å²) in [5.41, 5.74) is 2.40. The van der Waals surface area contributed by atoms with Crippen molar-refractivity contribution in [3.8, 4) is 0 Å². The molecule has 0 spiro atoms. The molecule has 2 aromatic carbocycles. The van der Waals surface area contributed by atoms with Gasteiger partial charge in [0.2, 0.25) is 6.41 Å². The van der Waals surface area contributed by atoms with Crippen molar-refractivity contribution in [1.82, 2.24) is 5.01 Å². The van der Waals surface area contributed by atoms with Crippen LogP contribution in [0.15, 0.2) is 58.1 Å². The van der Waals surface area contributed by atoms with Gasteiger partial charge in [0.25, 0.3) is 5.69 Å². The van der Waals surface area contributed by atoms with Gasteiger partial charge in [0.1, 0.15) is 0 Å². The highest BCUT2D eigenvalue weighted by atomic mass is 79.9. The molecule has 1 aliphatic heterocycles. The second kappa shape index (κ2) is 6.29. The van der Waals surface area contributed by atoms with Gasteiger partial charge in [-0.3, -0.25) is 14.9 Å². The van der Waals surface area contributed by atoms with Gasteiger partial charge >= 0.3 is 0 Å². The van der Waals surface area contributed by atoms with E-state index in [-0.39, 0.29) is 11.7 Å². The van der Waals surface area contributed by atoms with E-state index in [0.717, 1.165) is 15.7 Å². The minimum absolute atomic E-state index is 0.00504. The monoisotopic (exact) mass is 373 g/mol. The first kappa shape index (κ1) is 15.4. The van der Waals surface area contributed by atoms with Gasteiger partial charge in [-0.2, -0.15) is 5.10 Å². The molecule has 0 N–H and O–H groups in total. The predicted octanol–water partition coefficient (Wildman–Crippen LogP) is 3.66. The van der Waals surface area contributed by atoms with E-state index in [9.17, 15) is 14.9 Å². The Morgan fingerprint density at radius 3 is 2.65 bits per heavy atom. The third-order valence-corrected chi connectivity index (χ3v) is 4.22. The molecule has 3 rings (SSSR count). The van der Waals surface area contributed by atoms with E-state index in [2.05, 4.69) is 21.0 Å². The lowest BCUT2D eigenvalue weighted by Gasteiger charge is -2.17. The molecule has 0 fully saturated rings. The first-order valence-electron chi connectivity index (χ1n) is 6.90. The van der Waals surface area contributed by atoms with E-state index in [1.165, 1.54) is 17.1 Å². The fraction of sp³-hybridized carbons (Fsp3) is 0.125. The van der Waals surface area contributed by atoms with Crippen molar-refractivity contribution >= 4 is 33.7 Å². The molecule has 2 aromatic rings. The van der Waals surface area contributed by atoms with Gasteiger partial charge in [-0.15, -0.1) is 0 Å². The average Bonchev–Trinajstić information content (AvgIpc) is 3.00. The Labute approximate surface area is 140 Å². The van der Waals surface area contributed by atoms with Crippen LogP contribution in [-0.2, 0) is 4.79 Å². The van der Waals surface area contributed by atoms with Crippen molar-refractivity contribution in [3.63, 3.8) is 0 Å². The van der Waals surface area contributed by atoms with Crippen molar-refractivity contribution in [2.45, 2.75) is 12.5 Å². The van der Waals surface area contributed by atoms with Crippen LogP contribution >= 0.6 is 15.9 Å². The molecular formula is C16H12BrN3O3. The summed E-state index contributed by atoms with van der Waals surface area (Å²) in [6.07, 6.45) is 1.16. The number of nitro benzene ring substituents is 1. The Kier molecular flexibility index (Phi) is 4.20. The zero-order valence-electron chi connectivity index (χ0n) is 11.9. The van der Waals surface area contributed by atoms with Gasteiger partial charge < -0.3 is 0 Å². The van der Waals surface area contributed by atoms with Crippen molar-refractivity contribution in [2.75, 3.05) is 0 Å². The van der Waals surface area contributed by atoms with Gasteiger partial charge in [0, 0.05) is 23.0 Å². The summed E-state index contributed by atoms with van der Waals surface area (Å²) in [6.45, 7) is 0. The number of nitrogens with zero attached hydrogens (tertiary/aromatic N) is 3. The maximum absolute atomic E-state index is 11.3. The SMILES string of the molecule is O=CN1N=C(c2ccc(Br)cc2)CC1c1cccc([N+](=O)[O-])c1. The molecule has 23 heavy (non-hydrogen) atoms. The van der Waals surface area contributed by atoms with E-state index in [0.29, 0.717) is 18.4 Å². The summed E-state index contributed by atoms with van der Waals surface area (Å²) in [5, 5.41) is 16.6. The highest BCUT2D eigenvalue weighted by Gasteiger charge is 2.29. The Bertz CT molecular complexity index is 789. The van der Waals surface area contributed by atoms with Crippen LogP contribution in [0.4, 0.5) is 5.69 Å². The van der Waals surface area contributed by atoms with Crippen LogP contribution in [0, 0.1) is 10.1 Å². The van der Waals surface area contributed by atoms with Crippen molar-refractivity contribution in [1.29, 1.82) is 0 Å².